The summed E-state index contributed by atoms with van der Waals surface area (Å²) in [4.78, 5) is 2.40. The Morgan fingerprint density at radius 2 is 2.20 bits per heavy atom. The van der Waals surface area contributed by atoms with Gasteiger partial charge in [0.25, 0.3) is 0 Å². The van der Waals surface area contributed by atoms with Crippen molar-refractivity contribution in [2.24, 2.45) is 5.92 Å². The van der Waals surface area contributed by atoms with Crippen LogP contribution in [0.4, 0.5) is 5.69 Å². The zero-order chi connectivity index (χ0) is 14.5. The van der Waals surface area contributed by atoms with E-state index in [9.17, 15) is 5.11 Å². The van der Waals surface area contributed by atoms with E-state index in [-0.39, 0.29) is 12.6 Å². The van der Waals surface area contributed by atoms with Gasteiger partial charge in [0.15, 0.2) is 0 Å². The lowest BCUT2D eigenvalue weighted by atomic mass is 10.0. The van der Waals surface area contributed by atoms with Crippen molar-refractivity contribution in [3.63, 3.8) is 0 Å². The quantitative estimate of drug-likeness (QED) is 0.784. The van der Waals surface area contributed by atoms with Crippen LogP contribution in [0.3, 0.4) is 0 Å². The number of aliphatic hydroxyl groups is 1. The van der Waals surface area contributed by atoms with Crippen LogP contribution in [-0.2, 0) is 6.54 Å². The molecule has 2 atom stereocenters. The van der Waals surface area contributed by atoms with Gasteiger partial charge in [-0.05, 0) is 43.9 Å². The molecule has 0 amide bonds. The smallest absolute Gasteiger partial charge is 0.0637 e. The van der Waals surface area contributed by atoms with Gasteiger partial charge in [-0.15, -0.1) is 0 Å². The molecule has 0 aromatic heterocycles. The van der Waals surface area contributed by atoms with E-state index >= 15 is 0 Å². The summed E-state index contributed by atoms with van der Waals surface area (Å²) in [5.41, 5.74) is 3.95. The van der Waals surface area contributed by atoms with E-state index in [4.69, 9.17) is 0 Å². The van der Waals surface area contributed by atoms with Crippen LogP contribution in [-0.4, -0.2) is 30.8 Å². The first-order valence-electron chi connectivity index (χ1n) is 7.85. The van der Waals surface area contributed by atoms with Crippen molar-refractivity contribution >= 4 is 5.69 Å². The standard InChI is InChI=1S/C17H28N2O/c1-4-8-18-11-15-10-13(2)5-6-16(15)19-9-7-14(3)17(19)12-20/h5-6,10,14,17-18,20H,4,7-9,11-12H2,1-3H3. The molecule has 2 unspecified atom stereocenters. The van der Waals surface area contributed by atoms with E-state index in [0.29, 0.717) is 5.92 Å². The summed E-state index contributed by atoms with van der Waals surface area (Å²) in [5.74, 6) is 0.567. The molecule has 2 N–H and O–H groups in total. The number of benzene rings is 1. The predicted molar refractivity (Wildman–Crippen MR) is 85.2 cm³/mol. The highest BCUT2D eigenvalue weighted by Crippen LogP contribution is 2.32. The van der Waals surface area contributed by atoms with Gasteiger partial charge in [0, 0.05) is 18.8 Å². The zero-order valence-corrected chi connectivity index (χ0v) is 13.0. The Labute approximate surface area is 123 Å². The Bertz CT molecular complexity index is 433. The average Bonchev–Trinajstić information content (AvgIpc) is 2.80. The minimum absolute atomic E-state index is 0.247. The molecule has 0 aliphatic carbocycles. The van der Waals surface area contributed by atoms with E-state index in [1.54, 1.807) is 0 Å². The van der Waals surface area contributed by atoms with Crippen molar-refractivity contribution in [3.05, 3.63) is 29.3 Å². The molecule has 20 heavy (non-hydrogen) atoms. The van der Waals surface area contributed by atoms with Crippen LogP contribution in [0.25, 0.3) is 0 Å². The van der Waals surface area contributed by atoms with E-state index in [2.05, 4.69) is 49.2 Å². The fourth-order valence-corrected chi connectivity index (χ4v) is 3.12. The number of rotatable bonds is 6. The first kappa shape index (κ1) is 15.3. The molecule has 0 spiro atoms. The van der Waals surface area contributed by atoms with Crippen molar-refractivity contribution < 1.29 is 5.11 Å². The van der Waals surface area contributed by atoms with Crippen molar-refractivity contribution in [1.82, 2.24) is 5.32 Å². The molecular formula is C17H28N2O. The van der Waals surface area contributed by atoms with E-state index in [1.165, 1.54) is 23.2 Å². The number of aliphatic hydroxyl groups excluding tert-OH is 1. The monoisotopic (exact) mass is 276 g/mol. The Morgan fingerprint density at radius 3 is 2.90 bits per heavy atom. The Kier molecular flexibility index (Phi) is 5.44. The summed E-state index contributed by atoms with van der Waals surface area (Å²) in [6, 6.07) is 6.94. The highest BCUT2D eigenvalue weighted by molar-refractivity contribution is 5.56. The van der Waals surface area contributed by atoms with Gasteiger partial charge in [-0.25, -0.2) is 0 Å². The molecule has 1 fully saturated rings. The number of aryl methyl sites for hydroxylation is 1. The number of nitrogens with zero attached hydrogens (tertiary/aromatic N) is 1. The van der Waals surface area contributed by atoms with E-state index in [1.807, 2.05) is 0 Å². The Balaban J connectivity index is 2.21. The summed E-state index contributed by atoms with van der Waals surface area (Å²) in [7, 11) is 0. The van der Waals surface area contributed by atoms with Gasteiger partial charge in [-0.2, -0.15) is 0 Å². The maximum atomic E-state index is 9.67. The molecule has 0 radical (unpaired) electrons. The van der Waals surface area contributed by atoms with Crippen LogP contribution in [0, 0.1) is 12.8 Å². The summed E-state index contributed by atoms with van der Waals surface area (Å²) >= 11 is 0. The van der Waals surface area contributed by atoms with Crippen LogP contribution in [0.5, 0.6) is 0 Å². The zero-order valence-electron chi connectivity index (χ0n) is 13.0. The minimum Gasteiger partial charge on any atom is -0.394 e. The Hall–Kier alpha value is -1.06. The number of hydrogen-bond acceptors (Lipinski definition) is 3. The maximum Gasteiger partial charge on any atom is 0.0637 e. The van der Waals surface area contributed by atoms with Crippen molar-refractivity contribution in [1.29, 1.82) is 0 Å². The second-order valence-corrected chi connectivity index (χ2v) is 6.02. The second-order valence-electron chi connectivity index (χ2n) is 6.02. The van der Waals surface area contributed by atoms with E-state index < -0.39 is 0 Å². The van der Waals surface area contributed by atoms with Crippen LogP contribution in [0.2, 0.25) is 0 Å². The molecule has 112 valence electrons. The summed E-state index contributed by atoms with van der Waals surface area (Å²) in [6.07, 6.45) is 2.32. The van der Waals surface area contributed by atoms with Crippen molar-refractivity contribution in [2.75, 3.05) is 24.6 Å². The summed E-state index contributed by atoms with van der Waals surface area (Å²) in [6.45, 7) is 9.83. The third-order valence-electron chi connectivity index (χ3n) is 4.36. The second kappa shape index (κ2) is 7.09. The van der Waals surface area contributed by atoms with E-state index in [0.717, 1.165) is 26.1 Å². The lowest BCUT2D eigenvalue weighted by Gasteiger charge is -2.29. The van der Waals surface area contributed by atoms with Crippen LogP contribution < -0.4 is 10.2 Å². The third kappa shape index (κ3) is 3.33. The van der Waals surface area contributed by atoms with Gasteiger partial charge in [0.2, 0.25) is 0 Å². The molecule has 1 aromatic carbocycles. The predicted octanol–water partition coefficient (Wildman–Crippen LogP) is 2.70. The summed E-state index contributed by atoms with van der Waals surface area (Å²) < 4.78 is 0. The molecule has 0 saturated carbocycles. The molecule has 1 heterocycles. The van der Waals surface area contributed by atoms with Gasteiger partial charge in [-0.3, -0.25) is 0 Å². The fourth-order valence-electron chi connectivity index (χ4n) is 3.12. The number of nitrogens with one attached hydrogen (secondary N) is 1. The lowest BCUT2D eigenvalue weighted by molar-refractivity contribution is 0.244. The van der Waals surface area contributed by atoms with Crippen LogP contribution >= 0.6 is 0 Å². The molecule has 1 aromatic rings. The topological polar surface area (TPSA) is 35.5 Å². The highest BCUT2D eigenvalue weighted by Gasteiger charge is 2.31. The molecule has 1 aliphatic rings. The number of anilines is 1. The summed E-state index contributed by atoms with van der Waals surface area (Å²) in [5, 5.41) is 13.2. The van der Waals surface area contributed by atoms with Gasteiger partial charge < -0.3 is 15.3 Å². The SMILES string of the molecule is CCCNCc1cc(C)ccc1N1CCC(C)C1CO. The molecular weight excluding hydrogens is 248 g/mol. The molecule has 0 bridgehead atoms. The minimum atomic E-state index is 0.247. The van der Waals surface area contributed by atoms with Crippen LogP contribution in [0.1, 0.15) is 37.8 Å². The normalized spacial score (nSPS) is 22.5. The fraction of sp³-hybridized carbons (Fsp3) is 0.647. The average molecular weight is 276 g/mol. The molecule has 1 saturated heterocycles. The highest BCUT2D eigenvalue weighted by atomic mass is 16.3. The Morgan fingerprint density at radius 1 is 1.40 bits per heavy atom. The first-order valence-corrected chi connectivity index (χ1v) is 7.85. The first-order chi connectivity index (χ1) is 9.67. The molecule has 1 aliphatic heterocycles. The van der Waals surface area contributed by atoms with Crippen LogP contribution in [0.15, 0.2) is 18.2 Å². The largest absolute Gasteiger partial charge is 0.394 e. The number of hydrogen-bond donors (Lipinski definition) is 2. The molecule has 3 nitrogen and oxygen atoms in total. The molecule has 2 rings (SSSR count). The van der Waals surface area contributed by atoms with Gasteiger partial charge in [-0.1, -0.05) is 31.5 Å². The van der Waals surface area contributed by atoms with Gasteiger partial charge in [0.05, 0.1) is 12.6 Å². The van der Waals surface area contributed by atoms with Gasteiger partial charge in [0.1, 0.15) is 0 Å². The maximum absolute atomic E-state index is 9.67. The van der Waals surface area contributed by atoms with Gasteiger partial charge >= 0.3 is 0 Å². The third-order valence-corrected chi connectivity index (χ3v) is 4.36. The lowest BCUT2D eigenvalue weighted by Crippen LogP contribution is -2.36. The van der Waals surface area contributed by atoms with Crippen molar-refractivity contribution in [2.45, 2.75) is 46.2 Å². The molecule has 3 heteroatoms. The van der Waals surface area contributed by atoms with Crippen molar-refractivity contribution in [3.8, 4) is 0 Å².